The lowest BCUT2D eigenvalue weighted by Crippen LogP contribution is -2.44. The lowest BCUT2D eigenvalue weighted by Gasteiger charge is -2.19. The number of aromatic amines is 1. The number of hydrogen-bond acceptors (Lipinski definition) is 3. The van der Waals surface area contributed by atoms with Gasteiger partial charge in [-0.05, 0) is 19.3 Å². The number of rotatable bonds is 1. The molecule has 18 heavy (non-hydrogen) atoms. The Hall–Kier alpha value is -2.18. The van der Waals surface area contributed by atoms with Gasteiger partial charge in [-0.1, -0.05) is 12.2 Å². The molecular formula is C11H12FN3O3. The smallest absolute Gasteiger partial charge is 0.334 e. The Balaban J connectivity index is 2.18. The summed E-state index contributed by atoms with van der Waals surface area (Å²) in [5.74, 6) is -1.17. The van der Waals surface area contributed by atoms with Gasteiger partial charge in [-0.25, -0.2) is 14.2 Å². The van der Waals surface area contributed by atoms with Crippen LogP contribution >= 0.6 is 0 Å². The number of H-pyrrole nitrogens is 1. The molecule has 1 amide bonds. The van der Waals surface area contributed by atoms with Crippen LogP contribution in [0.25, 0.3) is 0 Å². The molecule has 0 saturated carbocycles. The van der Waals surface area contributed by atoms with Crippen LogP contribution in [0.5, 0.6) is 0 Å². The summed E-state index contributed by atoms with van der Waals surface area (Å²) in [5, 5.41) is 2.61. The Bertz CT molecular complexity index is 602. The van der Waals surface area contributed by atoms with Crippen molar-refractivity contribution in [2.45, 2.75) is 25.3 Å². The van der Waals surface area contributed by atoms with Gasteiger partial charge in [0.25, 0.3) is 5.56 Å². The maximum Gasteiger partial charge on any atom is 0.336 e. The molecule has 1 unspecified atom stereocenters. The van der Waals surface area contributed by atoms with Gasteiger partial charge in [-0.2, -0.15) is 4.39 Å². The standard InChI is InChI=1S/C11H12FN3O3/c12-8-6-15(11(18)14-9(8)16)10(17)13-7-4-2-1-3-5-7/h1-2,6-7H,3-5H2,(H,13,17)(H,14,16,18). The predicted octanol–water partition coefficient (Wildman–Crippen LogP) is 0.342. The average molecular weight is 253 g/mol. The van der Waals surface area contributed by atoms with Gasteiger partial charge in [0, 0.05) is 6.04 Å². The first-order chi connectivity index (χ1) is 8.58. The van der Waals surface area contributed by atoms with Gasteiger partial charge in [0.2, 0.25) is 5.82 Å². The van der Waals surface area contributed by atoms with Crippen LogP contribution in [0.1, 0.15) is 19.3 Å². The number of aromatic nitrogens is 2. The van der Waals surface area contributed by atoms with E-state index in [-0.39, 0.29) is 6.04 Å². The lowest BCUT2D eigenvalue weighted by molar-refractivity contribution is 0.236. The highest BCUT2D eigenvalue weighted by molar-refractivity contribution is 5.76. The predicted molar refractivity (Wildman–Crippen MR) is 62.0 cm³/mol. The van der Waals surface area contributed by atoms with Crippen molar-refractivity contribution in [2.24, 2.45) is 0 Å². The fourth-order valence-electron chi connectivity index (χ4n) is 1.77. The highest BCUT2D eigenvalue weighted by Gasteiger charge is 2.16. The molecule has 0 spiro atoms. The molecular weight excluding hydrogens is 241 g/mol. The van der Waals surface area contributed by atoms with Crippen LogP contribution in [0.15, 0.2) is 27.9 Å². The molecule has 96 valence electrons. The molecule has 2 rings (SSSR count). The fourth-order valence-corrected chi connectivity index (χ4v) is 1.77. The first-order valence-electron chi connectivity index (χ1n) is 5.55. The first-order valence-corrected chi connectivity index (χ1v) is 5.55. The number of halogens is 1. The molecule has 1 aliphatic rings. The molecule has 1 aromatic heterocycles. The van der Waals surface area contributed by atoms with E-state index in [0.717, 1.165) is 12.8 Å². The molecule has 7 heteroatoms. The van der Waals surface area contributed by atoms with Crippen LogP contribution in [0.2, 0.25) is 0 Å². The quantitative estimate of drug-likeness (QED) is 0.708. The molecule has 0 saturated heterocycles. The molecule has 1 aromatic rings. The zero-order chi connectivity index (χ0) is 13.1. The summed E-state index contributed by atoms with van der Waals surface area (Å²) in [6, 6.07) is -0.820. The molecule has 0 bridgehead atoms. The van der Waals surface area contributed by atoms with E-state index in [1.165, 1.54) is 0 Å². The van der Waals surface area contributed by atoms with Crippen molar-refractivity contribution in [1.82, 2.24) is 14.9 Å². The van der Waals surface area contributed by atoms with Gasteiger partial charge in [0.05, 0.1) is 6.20 Å². The van der Waals surface area contributed by atoms with E-state index in [0.29, 0.717) is 17.2 Å². The van der Waals surface area contributed by atoms with Gasteiger partial charge in [-0.15, -0.1) is 0 Å². The maximum absolute atomic E-state index is 13.0. The second-order valence-electron chi connectivity index (χ2n) is 4.04. The average Bonchev–Trinajstić information content (AvgIpc) is 2.35. The number of nitrogens with one attached hydrogen (secondary N) is 2. The molecule has 1 heterocycles. The SMILES string of the molecule is O=C(NC1CC=CCC1)n1cc(F)c(=O)[nH]c1=O. The van der Waals surface area contributed by atoms with Crippen LogP contribution in [0.3, 0.4) is 0 Å². The van der Waals surface area contributed by atoms with E-state index >= 15 is 0 Å². The molecule has 6 nitrogen and oxygen atoms in total. The van der Waals surface area contributed by atoms with Crippen molar-refractivity contribution in [3.63, 3.8) is 0 Å². The van der Waals surface area contributed by atoms with Gasteiger partial charge in [0.1, 0.15) is 0 Å². The normalized spacial score (nSPS) is 18.6. The van der Waals surface area contributed by atoms with Crippen LogP contribution in [0.4, 0.5) is 9.18 Å². The second kappa shape index (κ2) is 4.99. The van der Waals surface area contributed by atoms with Crippen molar-refractivity contribution >= 4 is 6.03 Å². The Morgan fingerprint density at radius 3 is 2.89 bits per heavy atom. The van der Waals surface area contributed by atoms with E-state index in [4.69, 9.17) is 0 Å². The van der Waals surface area contributed by atoms with E-state index in [9.17, 15) is 18.8 Å². The molecule has 0 aromatic carbocycles. The summed E-state index contributed by atoms with van der Waals surface area (Å²) >= 11 is 0. The molecule has 1 aliphatic carbocycles. The summed E-state index contributed by atoms with van der Waals surface area (Å²) in [5.41, 5.74) is -2.09. The summed E-state index contributed by atoms with van der Waals surface area (Å²) in [6.07, 6.45) is 6.82. The molecule has 0 radical (unpaired) electrons. The Morgan fingerprint density at radius 1 is 1.44 bits per heavy atom. The third-order valence-corrected chi connectivity index (χ3v) is 2.71. The Kier molecular flexibility index (Phi) is 3.40. The zero-order valence-corrected chi connectivity index (χ0v) is 9.48. The number of carbonyl (C=O) groups is 1. The minimum Gasteiger partial charge on any atom is -0.334 e. The lowest BCUT2D eigenvalue weighted by atomic mass is 10.0. The first kappa shape index (κ1) is 12.3. The number of nitrogens with zero attached hydrogens (tertiary/aromatic N) is 1. The summed E-state index contributed by atoms with van der Waals surface area (Å²) < 4.78 is 13.5. The Morgan fingerprint density at radius 2 is 2.22 bits per heavy atom. The van der Waals surface area contributed by atoms with Crippen molar-refractivity contribution < 1.29 is 9.18 Å². The van der Waals surface area contributed by atoms with Crippen molar-refractivity contribution in [3.05, 3.63) is 45.0 Å². The second-order valence-corrected chi connectivity index (χ2v) is 4.04. The highest BCUT2D eigenvalue weighted by atomic mass is 19.1. The minimum absolute atomic E-state index is 0.0793. The van der Waals surface area contributed by atoms with Gasteiger partial charge >= 0.3 is 11.7 Å². The Labute approximate surface area is 101 Å². The molecule has 1 atom stereocenters. The van der Waals surface area contributed by atoms with Crippen molar-refractivity contribution in [3.8, 4) is 0 Å². The minimum atomic E-state index is -1.17. The van der Waals surface area contributed by atoms with E-state index < -0.39 is 23.1 Å². The number of hydrogen-bond donors (Lipinski definition) is 2. The van der Waals surface area contributed by atoms with Crippen LogP contribution in [-0.4, -0.2) is 21.6 Å². The number of carbonyl (C=O) groups excluding carboxylic acids is 1. The molecule has 2 N–H and O–H groups in total. The van der Waals surface area contributed by atoms with E-state index in [2.05, 4.69) is 5.32 Å². The topological polar surface area (TPSA) is 84.0 Å². The number of amides is 1. The van der Waals surface area contributed by atoms with Gasteiger partial charge < -0.3 is 5.32 Å². The number of allylic oxidation sites excluding steroid dienone is 1. The zero-order valence-electron chi connectivity index (χ0n) is 9.48. The monoisotopic (exact) mass is 253 g/mol. The fraction of sp³-hybridized carbons (Fsp3) is 0.364. The third kappa shape index (κ3) is 2.55. The largest absolute Gasteiger partial charge is 0.336 e. The van der Waals surface area contributed by atoms with E-state index in [1.54, 1.807) is 4.98 Å². The van der Waals surface area contributed by atoms with Crippen molar-refractivity contribution in [1.29, 1.82) is 0 Å². The van der Waals surface area contributed by atoms with Crippen LogP contribution in [-0.2, 0) is 0 Å². The van der Waals surface area contributed by atoms with Gasteiger partial charge in [-0.3, -0.25) is 9.78 Å². The summed E-state index contributed by atoms with van der Waals surface area (Å²) in [4.78, 5) is 35.6. The molecule has 0 aliphatic heterocycles. The summed E-state index contributed by atoms with van der Waals surface area (Å²) in [7, 11) is 0. The third-order valence-electron chi connectivity index (χ3n) is 2.71. The highest BCUT2D eigenvalue weighted by Crippen LogP contribution is 2.10. The maximum atomic E-state index is 13.0. The van der Waals surface area contributed by atoms with Gasteiger partial charge in [0.15, 0.2) is 0 Å². The van der Waals surface area contributed by atoms with E-state index in [1.807, 2.05) is 12.2 Å². The van der Waals surface area contributed by atoms with Crippen LogP contribution in [0, 0.1) is 5.82 Å². The van der Waals surface area contributed by atoms with Crippen molar-refractivity contribution in [2.75, 3.05) is 0 Å². The van der Waals surface area contributed by atoms with Crippen LogP contribution < -0.4 is 16.6 Å². The molecule has 0 fully saturated rings. The summed E-state index contributed by atoms with van der Waals surface area (Å²) in [6.45, 7) is 0.